The highest BCUT2D eigenvalue weighted by Gasteiger charge is 2.13. The van der Waals surface area contributed by atoms with Gasteiger partial charge in [-0.05, 0) is 43.6 Å². The van der Waals surface area contributed by atoms with Gasteiger partial charge in [0.2, 0.25) is 0 Å². The average molecular weight is 307 g/mol. The third-order valence-electron chi connectivity index (χ3n) is 2.36. The minimum Gasteiger partial charge on any atom is -0.469 e. The summed E-state index contributed by atoms with van der Waals surface area (Å²) in [5.74, 6) is 0. The van der Waals surface area contributed by atoms with Crippen LogP contribution in [0, 0.1) is 0 Å². The van der Waals surface area contributed by atoms with Crippen molar-refractivity contribution in [2.75, 3.05) is 13.2 Å². The first-order valence-electron chi connectivity index (χ1n) is 5.50. The molecule has 1 rings (SSSR count). The standard InChI is InChI=1S/C11H19BrN2OS/c1-8(2)14(9(3)4)5-6-15-11-13-10(12)7-16-11/h7-9H,5-6H2,1-4H3. The van der Waals surface area contributed by atoms with Crippen molar-refractivity contribution < 1.29 is 4.74 Å². The zero-order valence-electron chi connectivity index (χ0n) is 10.2. The smallest absolute Gasteiger partial charge is 0.274 e. The van der Waals surface area contributed by atoms with Crippen LogP contribution < -0.4 is 4.74 Å². The lowest BCUT2D eigenvalue weighted by molar-refractivity contribution is 0.142. The molecule has 1 aromatic rings. The van der Waals surface area contributed by atoms with Gasteiger partial charge in [0.15, 0.2) is 0 Å². The van der Waals surface area contributed by atoms with Crippen LogP contribution in [-0.2, 0) is 0 Å². The number of hydrogen-bond donors (Lipinski definition) is 0. The molecule has 0 radical (unpaired) electrons. The van der Waals surface area contributed by atoms with Crippen LogP contribution in [0.2, 0.25) is 0 Å². The number of ether oxygens (including phenoxy) is 1. The first kappa shape index (κ1) is 13.9. The van der Waals surface area contributed by atoms with Crippen molar-refractivity contribution >= 4 is 27.3 Å². The number of aromatic nitrogens is 1. The van der Waals surface area contributed by atoms with Gasteiger partial charge in [-0.25, -0.2) is 0 Å². The zero-order valence-corrected chi connectivity index (χ0v) is 12.6. The number of halogens is 1. The average Bonchev–Trinajstić information content (AvgIpc) is 2.57. The van der Waals surface area contributed by atoms with Gasteiger partial charge in [0.25, 0.3) is 5.19 Å². The van der Waals surface area contributed by atoms with Crippen molar-refractivity contribution in [3.8, 4) is 5.19 Å². The minimum atomic E-state index is 0.548. The van der Waals surface area contributed by atoms with Crippen molar-refractivity contribution in [3.63, 3.8) is 0 Å². The molecule has 1 heterocycles. The van der Waals surface area contributed by atoms with Crippen molar-refractivity contribution in [2.24, 2.45) is 0 Å². The largest absolute Gasteiger partial charge is 0.469 e. The summed E-state index contributed by atoms with van der Waals surface area (Å²) in [7, 11) is 0. The van der Waals surface area contributed by atoms with Crippen LogP contribution in [0.3, 0.4) is 0 Å². The van der Waals surface area contributed by atoms with Gasteiger partial charge >= 0.3 is 0 Å². The molecule has 0 saturated carbocycles. The molecule has 0 amide bonds. The highest BCUT2D eigenvalue weighted by atomic mass is 79.9. The summed E-state index contributed by atoms with van der Waals surface area (Å²) >= 11 is 4.83. The summed E-state index contributed by atoms with van der Waals surface area (Å²) in [5, 5.41) is 2.66. The van der Waals surface area contributed by atoms with Gasteiger partial charge < -0.3 is 4.74 Å². The van der Waals surface area contributed by atoms with Gasteiger partial charge in [-0.15, -0.1) is 0 Å². The fourth-order valence-electron chi connectivity index (χ4n) is 1.66. The van der Waals surface area contributed by atoms with Gasteiger partial charge in [-0.1, -0.05) is 11.3 Å². The molecule has 3 nitrogen and oxygen atoms in total. The molecule has 0 saturated heterocycles. The molecule has 0 aromatic carbocycles. The maximum atomic E-state index is 5.59. The highest BCUT2D eigenvalue weighted by Crippen LogP contribution is 2.21. The van der Waals surface area contributed by atoms with Gasteiger partial charge in [-0.2, -0.15) is 4.98 Å². The molecule has 92 valence electrons. The normalized spacial score (nSPS) is 11.8. The topological polar surface area (TPSA) is 25.4 Å². The van der Waals surface area contributed by atoms with E-state index in [-0.39, 0.29) is 0 Å². The van der Waals surface area contributed by atoms with E-state index in [1.54, 1.807) is 0 Å². The van der Waals surface area contributed by atoms with Crippen molar-refractivity contribution in [1.29, 1.82) is 0 Å². The van der Waals surface area contributed by atoms with Crippen molar-refractivity contribution in [3.05, 3.63) is 9.98 Å². The molecule has 0 aliphatic carbocycles. The second kappa shape index (κ2) is 6.57. The van der Waals surface area contributed by atoms with Crippen LogP contribution >= 0.6 is 27.3 Å². The van der Waals surface area contributed by atoms with E-state index >= 15 is 0 Å². The molecule has 0 spiro atoms. The maximum Gasteiger partial charge on any atom is 0.274 e. The van der Waals surface area contributed by atoms with Crippen LogP contribution in [0.5, 0.6) is 5.19 Å². The third kappa shape index (κ3) is 4.39. The van der Waals surface area contributed by atoms with Gasteiger partial charge in [0.05, 0.1) is 0 Å². The lowest BCUT2D eigenvalue weighted by Crippen LogP contribution is -2.39. The maximum absolute atomic E-state index is 5.59. The van der Waals surface area contributed by atoms with E-state index in [1.807, 2.05) is 5.38 Å². The summed E-state index contributed by atoms with van der Waals surface area (Å²) in [4.78, 5) is 6.60. The molecule has 0 atom stereocenters. The number of thiazole rings is 1. The lowest BCUT2D eigenvalue weighted by atomic mass is 10.2. The molecule has 0 bridgehead atoms. The SMILES string of the molecule is CC(C)N(CCOc1nc(Br)cs1)C(C)C. The molecule has 1 aromatic heterocycles. The van der Waals surface area contributed by atoms with Crippen molar-refractivity contribution in [2.45, 2.75) is 39.8 Å². The van der Waals surface area contributed by atoms with E-state index in [1.165, 1.54) is 11.3 Å². The number of hydrogen-bond acceptors (Lipinski definition) is 4. The van der Waals surface area contributed by atoms with E-state index in [4.69, 9.17) is 4.74 Å². The summed E-state index contributed by atoms with van der Waals surface area (Å²) in [6.45, 7) is 10.5. The van der Waals surface area contributed by atoms with E-state index < -0.39 is 0 Å². The monoisotopic (exact) mass is 306 g/mol. The Morgan fingerprint density at radius 1 is 1.38 bits per heavy atom. The van der Waals surface area contributed by atoms with Gasteiger partial charge in [0.1, 0.15) is 11.2 Å². The van der Waals surface area contributed by atoms with Crippen LogP contribution in [-0.4, -0.2) is 35.1 Å². The molecule has 0 aliphatic heterocycles. The van der Waals surface area contributed by atoms with E-state index in [0.29, 0.717) is 18.7 Å². The Bertz CT molecular complexity index is 307. The fourth-order valence-corrected chi connectivity index (χ4v) is 2.77. The van der Waals surface area contributed by atoms with E-state index in [2.05, 4.69) is 53.5 Å². The molecular formula is C11H19BrN2OS. The molecule has 0 aliphatic rings. The Labute approximate surface area is 110 Å². The van der Waals surface area contributed by atoms with Crippen LogP contribution in [0.25, 0.3) is 0 Å². The summed E-state index contributed by atoms with van der Waals surface area (Å²) in [5.41, 5.74) is 0. The second-order valence-corrected chi connectivity index (χ2v) is 5.84. The van der Waals surface area contributed by atoms with Crippen LogP contribution in [0.15, 0.2) is 9.98 Å². The second-order valence-electron chi connectivity index (χ2n) is 4.21. The molecule has 0 unspecified atom stereocenters. The fraction of sp³-hybridized carbons (Fsp3) is 0.727. The van der Waals surface area contributed by atoms with Crippen LogP contribution in [0.1, 0.15) is 27.7 Å². The Balaban J connectivity index is 2.33. The Morgan fingerprint density at radius 3 is 2.44 bits per heavy atom. The zero-order chi connectivity index (χ0) is 12.1. The number of nitrogens with zero attached hydrogens (tertiary/aromatic N) is 2. The van der Waals surface area contributed by atoms with Crippen molar-refractivity contribution in [1.82, 2.24) is 9.88 Å². The molecule has 0 N–H and O–H groups in total. The Kier molecular flexibility index (Phi) is 5.72. The minimum absolute atomic E-state index is 0.548. The van der Waals surface area contributed by atoms with E-state index in [0.717, 1.165) is 16.3 Å². The van der Waals surface area contributed by atoms with Gasteiger partial charge in [-0.3, -0.25) is 4.90 Å². The summed E-state index contributed by atoms with van der Waals surface area (Å²) in [6.07, 6.45) is 0. The predicted molar refractivity (Wildman–Crippen MR) is 72.3 cm³/mol. The Hall–Kier alpha value is -0.130. The molecule has 16 heavy (non-hydrogen) atoms. The first-order valence-corrected chi connectivity index (χ1v) is 7.17. The summed E-state index contributed by atoms with van der Waals surface area (Å²) in [6, 6.07) is 1.10. The Morgan fingerprint density at radius 2 is 2.00 bits per heavy atom. The van der Waals surface area contributed by atoms with E-state index in [9.17, 15) is 0 Å². The molecular weight excluding hydrogens is 288 g/mol. The molecule has 5 heteroatoms. The molecule has 0 fully saturated rings. The first-order chi connectivity index (χ1) is 7.50. The van der Waals surface area contributed by atoms with Crippen LogP contribution in [0.4, 0.5) is 0 Å². The summed E-state index contributed by atoms with van der Waals surface area (Å²) < 4.78 is 6.44. The predicted octanol–water partition coefficient (Wildman–Crippen LogP) is 3.40. The van der Waals surface area contributed by atoms with Gasteiger partial charge in [0, 0.05) is 24.0 Å². The number of rotatable bonds is 6. The lowest BCUT2D eigenvalue weighted by Gasteiger charge is -2.30. The third-order valence-corrected chi connectivity index (χ3v) is 3.82. The quantitative estimate of drug-likeness (QED) is 0.805. The highest BCUT2D eigenvalue weighted by molar-refractivity contribution is 9.10.